The largest absolute Gasteiger partial charge is 0.359 e. The van der Waals surface area contributed by atoms with Gasteiger partial charge in [0.1, 0.15) is 0 Å². The maximum atomic E-state index is 11.0. The predicted molar refractivity (Wildman–Crippen MR) is 84.0 cm³/mol. The molecule has 2 atom stereocenters. The second-order valence-corrected chi connectivity index (χ2v) is 7.74. The lowest BCUT2D eigenvalue weighted by atomic mass is 10.3. The molecule has 0 spiro atoms. The molecule has 2 aromatic rings. The highest BCUT2D eigenvalue weighted by atomic mass is 79.9. The van der Waals surface area contributed by atoms with E-state index in [1.807, 2.05) is 12.1 Å². The first-order valence-corrected chi connectivity index (χ1v) is 9.01. The molecule has 2 rings (SSSR count). The van der Waals surface area contributed by atoms with Crippen molar-refractivity contribution in [2.24, 2.45) is 0 Å². The summed E-state index contributed by atoms with van der Waals surface area (Å²) in [6.45, 7) is 2.09. The van der Waals surface area contributed by atoms with E-state index in [1.54, 1.807) is 17.6 Å². The SMILES string of the molecule is CC(CCS(C)=O)Nc1nc2cc(Br)ccc2s1. The molecule has 1 N–H and O–H groups in total. The van der Waals surface area contributed by atoms with Crippen molar-refractivity contribution in [3.8, 4) is 0 Å². The number of nitrogens with one attached hydrogen (secondary N) is 1. The number of halogens is 1. The Morgan fingerprint density at radius 1 is 1.56 bits per heavy atom. The third kappa shape index (κ3) is 3.76. The first-order valence-electron chi connectivity index (χ1n) is 5.67. The minimum atomic E-state index is -0.725. The van der Waals surface area contributed by atoms with Crippen LogP contribution in [0, 0.1) is 0 Å². The molecule has 0 aliphatic heterocycles. The van der Waals surface area contributed by atoms with Crippen LogP contribution in [0.2, 0.25) is 0 Å². The topological polar surface area (TPSA) is 42.0 Å². The van der Waals surface area contributed by atoms with E-state index in [4.69, 9.17) is 0 Å². The molecule has 0 aliphatic carbocycles. The van der Waals surface area contributed by atoms with E-state index >= 15 is 0 Å². The van der Waals surface area contributed by atoms with Crippen LogP contribution in [0.1, 0.15) is 13.3 Å². The fraction of sp³-hybridized carbons (Fsp3) is 0.417. The first-order chi connectivity index (χ1) is 8.54. The molecule has 0 saturated carbocycles. The van der Waals surface area contributed by atoms with E-state index in [0.29, 0.717) is 0 Å². The molecular weight excluding hydrogens is 332 g/mol. The lowest BCUT2D eigenvalue weighted by molar-refractivity contribution is 0.678. The van der Waals surface area contributed by atoms with E-state index in [1.165, 1.54) is 4.70 Å². The molecular formula is C12H15BrN2OS2. The molecule has 1 aromatic heterocycles. The molecule has 0 amide bonds. The minimum Gasteiger partial charge on any atom is -0.359 e. The van der Waals surface area contributed by atoms with E-state index in [9.17, 15) is 4.21 Å². The Labute approximate surface area is 122 Å². The van der Waals surface area contributed by atoms with Gasteiger partial charge in [-0.05, 0) is 31.5 Å². The second kappa shape index (κ2) is 6.12. The van der Waals surface area contributed by atoms with Gasteiger partial charge in [-0.2, -0.15) is 0 Å². The Morgan fingerprint density at radius 2 is 2.33 bits per heavy atom. The van der Waals surface area contributed by atoms with Crippen molar-refractivity contribution in [3.63, 3.8) is 0 Å². The van der Waals surface area contributed by atoms with Gasteiger partial charge in [0.05, 0.1) is 10.2 Å². The Hall–Kier alpha value is -0.460. The van der Waals surface area contributed by atoms with Crippen molar-refractivity contribution in [1.29, 1.82) is 0 Å². The number of thiazole rings is 1. The second-order valence-electron chi connectivity index (χ2n) is 4.24. The van der Waals surface area contributed by atoms with Crippen LogP contribution in [0.15, 0.2) is 22.7 Å². The van der Waals surface area contributed by atoms with Crippen LogP contribution in [-0.4, -0.2) is 27.2 Å². The van der Waals surface area contributed by atoms with Gasteiger partial charge in [-0.1, -0.05) is 27.3 Å². The third-order valence-corrected chi connectivity index (χ3v) is 4.83. The molecule has 0 bridgehead atoms. The summed E-state index contributed by atoms with van der Waals surface area (Å²) in [4.78, 5) is 4.54. The molecule has 0 saturated heterocycles. The van der Waals surface area contributed by atoms with Crippen LogP contribution in [0.3, 0.4) is 0 Å². The number of anilines is 1. The van der Waals surface area contributed by atoms with Crippen molar-refractivity contribution >= 4 is 53.4 Å². The normalized spacial score (nSPS) is 14.6. The van der Waals surface area contributed by atoms with Crippen molar-refractivity contribution in [2.75, 3.05) is 17.3 Å². The van der Waals surface area contributed by atoms with Crippen molar-refractivity contribution in [1.82, 2.24) is 4.98 Å². The zero-order valence-electron chi connectivity index (χ0n) is 10.3. The van der Waals surface area contributed by atoms with Gasteiger partial charge in [-0.3, -0.25) is 4.21 Å². The van der Waals surface area contributed by atoms with Gasteiger partial charge < -0.3 is 5.32 Å². The Kier molecular flexibility index (Phi) is 4.75. The molecule has 98 valence electrons. The van der Waals surface area contributed by atoms with E-state index in [2.05, 4.69) is 39.2 Å². The quantitative estimate of drug-likeness (QED) is 0.898. The number of rotatable bonds is 5. The molecule has 18 heavy (non-hydrogen) atoms. The number of nitrogens with zero attached hydrogens (tertiary/aromatic N) is 1. The molecule has 0 fully saturated rings. The van der Waals surface area contributed by atoms with E-state index in [0.717, 1.165) is 27.3 Å². The summed E-state index contributed by atoms with van der Waals surface area (Å²) in [6.07, 6.45) is 2.63. The van der Waals surface area contributed by atoms with Crippen molar-refractivity contribution in [2.45, 2.75) is 19.4 Å². The predicted octanol–water partition coefficient (Wildman–Crippen LogP) is 3.63. The highest BCUT2D eigenvalue weighted by molar-refractivity contribution is 9.10. The van der Waals surface area contributed by atoms with Gasteiger partial charge >= 0.3 is 0 Å². The van der Waals surface area contributed by atoms with Crippen LogP contribution < -0.4 is 5.32 Å². The molecule has 1 aromatic carbocycles. The number of hydrogen-bond donors (Lipinski definition) is 1. The molecule has 1 heterocycles. The number of fused-ring (bicyclic) bond motifs is 1. The van der Waals surface area contributed by atoms with Gasteiger partial charge in [-0.15, -0.1) is 0 Å². The zero-order chi connectivity index (χ0) is 13.1. The van der Waals surface area contributed by atoms with Crippen molar-refractivity contribution in [3.05, 3.63) is 22.7 Å². The van der Waals surface area contributed by atoms with Crippen LogP contribution in [-0.2, 0) is 10.8 Å². The summed E-state index contributed by atoms with van der Waals surface area (Å²) in [5, 5.41) is 4.29. The Bertz CT molecular complexity index is 570. The average Bonchev–Trinajstić information content (AvgIpc) is 2.67. The zero-order valence-corrected chi connectivity index (χ0v) is 13.5. The summed E-state index contributed by atoms with van der Waals surface area (Å²) in [7, 11) is -0.725. The summed E-state index contributed by atoms with van der Waals surface area (Å²) in [5.41, 5.74) is 1.00. The molecule has 0 aliphatic rings. The van der Waals surface area contributed by atoms with Crippen LogP contribution in [0.25, 0.3) is 10.2 Å². The van der Waals surface area contributed by atoms with Crippen LogP contribution in [0.4, 0.5) is 5.13 Å². The summed E-state index contributed by atoms with van der Waals surface area (Å²) in [6, 6.07) is 6.39. The van der Waals surface area contributed by atoms with Gasteiger partial charge in [0.15, 0.2) is 5.13 Å². The Morgan fingerprint density at radius 3 is 3.06 bits per heavy atom. The highest BCUT2D eigenvalue weighted by Crippen LogP contribution is 2.28. The van der Waals surface area contributed by atoms with Crippen LogP contribution >= 0.6 is 27.3 Å². The van der Waals surface area contributed by atoms with E-state index in [-0.39, 0.29) is 6.04 Å². The van der Waals surface area contributed by atoms with Gasteiger partial charge in [0.25, 0.3) is 0 Å². The summed E-state index contributed by atoms with van der Waals surface area (Å²) < 4.78 is 13.3. The number of benzene rings is 1. The summed E-state index contributed by atoms with van der Waals surface area (Å²) >= 11 is 5.09. The fourth-order valence-corrected chi connectivity index (χ4v) is 3.58. The molecule has 2 unspecified atom stereocenters. The Balaban J connectivity index is 2.05. The van der Waals surface area contributed by atoms with Gasteiger partial charge in [-0.25, -0.2) is 4.98 Å². The first kappa shape index (κ1) is 14.0. The van der Waals surface area contributed by atoms with Crippen LogP contribution in [0.5, 0.6) is 0 Å². The lowest BCUT2D eigenvalue weighted by Crippen LogP contribution is -2.17. The standard InChI is InChI=1S/C12H15BrN2OS2/c1-8(5-6-18(2)16)14-12-15-10-7-9(13)3-4-11(10)17-12/h3-4,7-8H,5-6H2,1-2H3,(H,14,15). The lowest BCUT2D eigenvalue weighted by Gasteiger charge is -2.11. The number of hydrogen-bond acceptors (Lipinski definition) is 4. The highest BCUT2D eigenvalue weighted by Gasteiger charge is 2.08. The molecule has 0 radical (unpaired) electrons. The molecule has 3 nitrogen and oxygen atoms in total. The van der Waals surface area contributed by atoms with Crippen molar-refractivity contribution < 1.29 is 4.21 Å². The molecule has 6 heteroatoms. The van der Waals surface area contributed by atoms with E-state index < -0.39 is 10.8 Å². The minimum absolute atomic E-state index is 0.290. The smallest absolute Gasteiger partial charge is 0.183 e. The third-order valence-electron chi connectivity index (χ3n) is 2.56. The average molecular weight is 347 g/mol. The maximum absolute atomic E-state index is 11.0. The summed E-state index contributed by atoms with van der Waals surface area (Å²) in [5.74, 6) is 0.727. The maximum Gasteiger partial charge on any atom is 0.183 e. The fourth-order valence-electron chi connectivity index (χ4n) is 1.59. The van der Waals surface area contributed by atoms with Gasteiger partial charge in [0, 0.05) is 33.3 Å². The number of aromatic nitrogens is 1. The monoisotopic (exact) mass is 346 g/mol. The van der Waals surface area contributed by atoms with Gasteiger partial charge in [0.2, 0.25) is 0 Å².